The van der Waals surface area contributed by atoms with Gasteiger partial charge in [0.25, 0.3) is 5.91 Å². The van der Waals surface area contributed by atoms with Crippen molar-refractivity contribution in [3.8, 4) is 0 Å². The van der Waals surface area contributed by atoms with Crippen molar-refractivity contribution in [2.24, 2.45) is 0 Å². The van der Waals surface area contributed by atoms with Gasteiger partial charge in [-0.05, 0) is 71.7 Å². The van der Waals surface area contributed by atoms with Crippen LogP contribution in [0.5, 0.6) is 0 Å². The second-order valence-electron chi connectivity index (χ2n) is 12.2. The molecule has 3 heterocycles. The van der Waals surface area contributed by atoms with Gasteiger partial charge in [-0.2, -0.15) is 0 Å². The molecule has 0 saturated carbocycles. The smallest absolute Gasteiger partial charge is 0.407 e. The van der Waals surface area contributed by atoms with Crippen LogP contribution in [0.3, 0.4) is 0 Å². The second-order valence-corrected chi connectivity index (χ2v) is 12.6. The van der Waals surface area contributed by atoms with Crippen molar-refractivity contribution >= 4 is 35.2 Å². The average molecular weight is 613 g/mol. The Morgan fingerprint density at radius 2 is 1.84 bits per heavy atom. The number of likely N-dealkylation sites (tertiary alicyclic amines) is 1. The third kappa shape index (κ3) is 9.83. The van der Waals surface area contributed by atoms with Gasteiger partial charge in [0.15, 0.2) is 0 Å². The zero-order chi connectivity index (χ0) is 30.8. The van der Waals surface area contributed by atoms with E-state index < -0.39 is 5.60 Å². The lowest BCUT2D eigenvalue weighted by Crippen LogP contribution is -2.38. The van der Waals surface area contributed by atoms with Gasteiger partial charge in [0.1, 0.15) is 17.1 Å². The number of halogens is 1. The van der Waals surface area contributed by atoms with Gasteiger partial charge in [-0.15, -0.1) is 0 Å². The van der Waals surface area contributed by atoms with Crippen LogP contribution in [0.4, 0.5) is 10.5 Å². The first kappa shape index (κ1) is 32.5. The Morgan fingerprint density at radius 3 is 2.63 bits per heavy atom. The fraction of sp³-hybridized carbons (Fsp3) is 0.562. The van der Waals surface area contributed by atoms with Crippen LogP contribution in [-0.4, -0.2) is 75.1 Å². The van der Waals surface area contributed by atoms with E-state index in [-0.39, 0.29) is 23.9 Å². The van der Waals surface area contributed by atoms with Crippen molar-refractivity contribution in [3.05, 3.63) is 59.2 Å². The molecular weight excluding hydrogens is 568 g/mol. The molecule has 43 heavy (non-hydrogen) atoms. The molecule has 2 aliphatic heterocycles. The number of alkyl carbamates (subject to hydrolysis) is 1. The fourth-order valence-corrected chi connectivity index (χ4v) is 5.68. The summed E-state index contributed by atoms with van der Waals surface area (Å²) in [6, 6.07) is 7.39. The van der Waals surface area contributed by atoms with Crippen LogP contribution in [0.25, 0.3) is 0 Å². The van der Waals surface area contributed by atoms with E-state index >= 15 is 0 Å². The predicted molar refractivity (Wildman–Crippen MR) is 168 cm³/mol. The molecule has 1 atom stereocenters. The number of fused-ring (bicyclic) bond motifs is 1. The maximum absolute atomic E-state index is 13.0. The summed E-state index contributed by atoms with van der Waals surface area (Å²) >= 11 is 6.18. The Kier molecular flexibility index (Phi) is 11.6. The Hall–Kier alpha value is -3.37. The van der Waals surface area contributed by atoms with Crippen LogP contribution in [0.2, 0.25) is 5.02 Å². The molecule has 1 saturated heterocycles. The number of rotatable bonds is 12. The van der Waals surface area contributed by atoms with Crippen LogP contribution < -0.4 is 10.6 Å². The molecule has 0 bridgehead atoms. The number of nitrogens with zero attached hydrogens (tertiary/aromatic N) is 4. The van der Waals surface area contributed by atoms with Gasteiger partial charge in [-0.25, -0.2) is 9.78 Å². The highest BCUT2D eigenvalue weighted by Gasteiger charge is 2.26. The number of imidazole rings is 1. The van der Waals surface area contributed by atoms with Gasteiger partial charge < -0.3 is 24.8 Å². The SMILES string of the molecule is CC(C)(C)OC(=O)NCCCCCCCN1CCCC1/C=C/C(=O)N1CCn2c(C(=O)Nc3ccccc3Cl)cnc2C1. The topological polar surface area (TPSA) is 109 Å². The van der Waals surface area contributed by atoms with Crippen molar-refractivity contribution in [3.63, 3.8) is 0 Å². The zero-order valence-electron chi connectivity index (χ0n) is 25.6. The van der Waals surface area contributed by atoms with Crippen LogP contribution in [0.1, 0.15) is 82.0 Å². The van der Waals surface area contributed by atoms with E-state index in [1.807, 2.05) is 37.5 Å². The van der Waals surface area contributed by atoms with Gasteiger partial charge in [-0.3, -0.25) is 14.5 Å². The minimum absolute atomic E-state index is 0.0249. The molecule has 0 spiro atoms. The molecule has 4 rings (SSSR count). The quantitative estimate of drug-likeness (QED) is 0.238. The molecule has 1 aromatic heterocycles. The molecule has 11 heteroatoms. The first-order valence-electron chi connectivity index (χ1n) is 15.4. The standard InChI is InChI=1S/C32H45ClN6O4/c1-32(2,3)43-31(42)34-17-9-5-4-6-10-18-37-19-11-12-24(37)15-16-29(40)38-20-21-39-27(22-35-28(39)23-38)30(41)36-26-14-8-7-13-25(26)33/h7-8,13-16,22,24H,4-6,9-12,17-21,23H2,1-3H3,(H,34,42)(H,36,41)/b16-15+. The molecule has 1 aromatic carbocycles. The monoisotopic (exact) mass is 612 g/mol. The van der Waals surface area contributed by atoms with E-state index in [0.29, 0.717) is 48.4 Å². The number of unbranched alkanes of at least 4 members (excludes halogenated alkanes) is 4. The molecule has 0 aliphatic carbocycles. The predicted octanol–water partition coefficient (Wildman–Crippen LogP) is 5.63. The van der Waals surface area contributed by atoms with Crippen LogP contribution in [-0.2, 0) is 22.6 Å². The normalized spacial score (nSPS) is 17.2. The largest absolute Gasteiger partial charge is 0.444 e. The lowest BCUT2D eigenvalue weighted by molar-refractivity contribution is -0.127. The summed E-state index contributed by atoms with van der Waals surface area (Å²) in [5, 5.41) is 6.13. The number of amides is 3. The molecule has 3 amide bonds. The van der Waals surface area contributed by atoms with Gasteiger partial charge >= 0.3 is 6.09 Å². The number of nitrogens with one attached hydrogen (secondary N) is 2. The summed E-state index contributed by atoms with van der Waals surface area (Å²) in [6.07, 6.45) is 12.6. The lowest BCUT2D eigenvalue weighted by atomic mass is 10.1. The second kappa shape index (κ2) is 15.4. The molecule has 2 aliphatic rings. The lowest BCUT2D eigenvalue weighted by Gasteiger charge is -2.28. The summed E-state index contributed by atoms with van der Waals surface area (Å²) in [4.78, 5) is 46.3. The van der Waals surface area contributed by atoms with Gasteiger partial charge in [0.05, 0.1) is 23.5 Å². The van der Waals surface area contributed by atoms with E-state index in [1.165, 1.54) is 0 Å². The van der Waals surface area contributed by atoms with Crippen molar-refractivity contribution in [1.82, 2.24) is 24.7 Å². The molecular formula is C32H45ClN6O4. The number of carbonyl (C=O) groups is 3. The first-order valence-corrected chi connectivity index (χ1v) is 15.8. The molecule has 2 N–H and O–H groups in total. The van der Waals surface area contributed by atoms with E-state index in [9.17, 15) is 14.4 Å². The fourth-order valence-electron chi connectivity index (χ4n) is 5.50. The summed E-state index contributed by atoms with van der Waals surface area (Å²) in [5.74, 6) is 0.395. The number of anilines is 1. The summed E-state index contributed by atoms with van der Waals surface area (Å²) in [5.41, 5.74) is 0.535. The van der Waals surface area contributed by atoms with Gasteiger partial charge in [-0.1, -0.05) is 49.1 Å². The number of hydrogen-bond acceptors (Lipinski definition) is 6. The molecule has 0 radical (unpaired) electrons. The van der Waals surface area contributed by atoms with E-state index in [1.54, 1.807) is 29.3 Å². The molecule has 1 unspecified atom stereocenters. The number of carbonyl (C=O) groups excluding carboxylic acids is 3. The third-order valence-electron chi connectivity index (χ3n) is 7.70. The Labute approximate surface area is 259 Å². The maximum atomic E-state index is 13.0. The van der Waals surface area contributed by atoms with E-state index in [4.69, 9.17) is 16.3 Å². The van der Waals surface area contributed by atoms with E-state index in [2.05, 4.69) is 26.6 Å². The van der Waals surface area contributed by atoms with E-state index in [0.717, 1.165) is 58.0 Å². The number of ether oxygens (including phenoxy) is 1. The number of aromatic nitrogens is 2. The van der Waals surface area contributed by atoms with Crippen LogP contribution in [0.15, 0.2) is 42.6 Å². The van der Waals surface area contributed by atoms with Crippen LogP contribution >= 0.6 is 11.6 Å². The first-order chi connectivity index (χ1) is 20.6. The molecule has 1 fully saturated rings. The number of benzene rings is 1. The number of hydrogen-bond donors (Lipinski definition) is 2. The maximum Gasteiger partial charge on any atom is 0.407 e. The van der Waals surface area contributed by atoms with Crippen LogP contribution in [0, 0.1) is 0 Å². The minimum Gasteiger partial charge on any atom is -0.444 e. The molecule has 10 nitrogen and oxygen atoms in total. The summed E-state index contributed by atoms with van der Waals surface area (Å²) in [6.45, 7) is 9.70. The van der Waals surface area contributed by atoms with Crippen molar-refractivity contribution < 1.29 is 19.1 Å². The Bertz CT molecular complexity index is 1290. The van der Waals surface area contributed by atoms with Crippen molar-refractivity contribution in [2.75, 3.05) is 31.5 Å². The third-order valence-corrected chi connectivity index (χ3v) is 8.03. The van der Waals surface area contributed by atoms with Crippen molar-refractivity contribution in [2.45, 2.75) is 90.4 Å². The van der Waals surface area contributed by atoms with Gasteiger partial charge in [0, 0.05) is 31.8 Å². The molecule has 2 aromatic rings. The highest BCUT2D eigenvalue weighted by atomic mass is 35.5. The highest BCUT2D eigenvalue weighted by molar-refractivity contribution is 6.33. The zero-order valence-corrected chi connectivity index (χ0v) is 26.4. The van der Waals surface area contributed by atoms with Crippen molar-refractivity contribution in [1.29, 1.82) is 0 Å². The Morgan fingerprint density at radius 1 is 1.07 bits per heavy atom. The highest BCUT2D eigenvalue weighted by Crippen LogP contribution is 2.23. The summed E-state index contributed by atoms with van der Waals surface area (Å²) in [7, 11) is 0. The average Bonchev–Trinajstić information content (AvgIpc) is 3.59. The van der Waals surface area contributed by atoms with Gasteiger partial charge in [0.2, 0.25) is 5.91 Å². The number of para-hydroxylation sites is 1. The molecule has 234 valence electrons. The summed E-state index contributed by atoms with van der Waals surface area (Å²) < 4.78 is 7.13. The Balaban J connectivity index is 1.15. The minimum atomic E-state index is -0.470.